The largest absolute Gasteiger partial charge is 0.480 e. The van der Waals surface area contributed by atoms with Crippen molar-refractivity contribution in [1.29, 1.82) is 0 Å². The molecule has 0 aromatic carbocycles. The molecule has 1 rings (SSSR count). The fourth-order valence-corrected chi connectivity index (χ4v) is 14.5. The summed E-state index contributed by atoms with van der Waals surface area (Å²) in [5.74, 6) is -5.28. The van der Waals surface area contributed by atoms with Gasteiger partial charge in [0, 0.05) is 19.3 Å². The van der Waals surface area contributed by atoms with Gasteiger partial charge in [-0.15, -0.1) is 0 Å². The molecule has 9 atom stereocenters. The molecule has 0 bridgehead atoms. The molecular weight excluding hydrogens is 1330 g/mol. The number of phosphoric acid groups is 1. The zero-order valence-electron chi connectivity index (χ0n) is 66.0. The summed E-state index contributed by atoms with van der Waals surface area (Å²) in [6, 6.07) is -3.24. The Hall–Kier alpha value is -3.71. The van der Waals surface area contributed by atoms with E-state index in [0.29, 0.717) is 57.8 Å². The number of esters is 4. The summed E-state index contributed by atoms with van der Waals surface area (Å²) in [7, 11) is -5.58. The van der Waals surface area contributed by atoms with Crippen molar-refractivity contribution >= 4 is 49.5 Å². The van der Waals surface area contributed by atoms with Crippen LogP contribution >= 0.6 is 7.82 Å². The Morgan fingerprint density at radius 1 is 0.388 bits per heavy atom. The van der Waals surface area contributed by atoms with Gasteiger partial charge in [0.05, 0.1) is 31.4 Å². The second-order valence-corrected chi connectivity index (χ2v) is 31.1. The third kappa shape index (κ3) is 55.4. The summed E-state index contributed by atoms with van der Waals surface area (Å²) in [5.41, 5.74) is 0. The molecule has 0 saturated carbocycles. The standard InChI is InChI=1S/C82H152FN2O17P/c1-7-13-19-25-31-34-40-43-49-55-67(97-75(88)58-52-46-37-28-22-16-10-4)63-73(86)84-70(82(92)93)61-62-71-79(85-74(87)64-68(56-50-44-41-35-32-26-20-14-8-2)98-76(89)59-53-47-38-29-23-17-11-5)81(80(72(66-83)100-71)102-103(94,95)96)101-78(91)65-69(57-51-45-42-36-33-27-21-15-9-3)99-77(90)60-54-48-39-30-24-18-12-6/h67-72,79-81H,7-66H2,1-6H3,(H,84,86)(H,85,87)(H,92,93)(H2,94,95,96)/t67-,68-,69-,70+,71?,72?,79?,80?,81?/m1/s1. The molecule has 0 radical (unpaired) electrons. The van der Waals surface area contributed by atoms with E-state index in [0.717, 1.165) is 218 Å². The van der Waals surface area contributed by atoms with Gasteiger partial charge in [0.25, 0.3) is 0 Å². The van der Waals surface area contributed by atoms with Gasteiger partial charge in [-0.2, -0.15) is 0 Å². The monoisotopic (exact) mass is 1490 g/mol. The van der Waals surface area contributed by atoms with E-state index in [1.807, 2.05) is 0 Å². The number of phosphoric ester groups is 1. The van der Waals surface area contributed by atoms with Gasteiger partial charge in [0.2, 0.25) is 11.8 Å². The number of unbranched alkanes of at least 4 members (excludes halogenated alkanes) is 42. The summed E-state index contributed by atoms with van der Waals surface area (Å²) in [6.45, 7) is 11.6. The van der Waals surface area contributed by atoms with E-state index < -0.39 is 130 Å². The summed E-state index contributed by atoms with van der Waals surface area (Å²) in [6.07, 6.45) is 38.1. The van der Waals surface area contributed by atoms with E-state index in [-0.39, 0.29) is 32.1 Å². The maximum absolute atomic E-state index is 15.7. The van der Waals surface area contributed by atoms with Gasteiger partial charge >= 0.3 is 37.7 Å². The molecule has 0 aromatic rings. The Kier molecular flexibility index (Phi) is 62.8. The van der Waals surface area contributed by atoms with E-state index in [1.165, 1.54) is 51.4 Å². The number of alkyl halides is 1. The van der Waals surface area contributed by atoms with Crippen LogP contribution in [-0.2, 0) is 66.3 Å². The summed E-state index contributed by atoms with van der Waals surface area (Å²) < 4.78 is 64.4. The number of carboxylic acid groups (broad SMARTS) is 1. The van der Waals surface area contributed by atoms with Crippen LogP contribution in [-0.4, -0.2) is 118 Å². The molecule has 0 aromatic heterocycles. The molecule has 0 aliphatic carbocycles. The highest BCUT2D eigenvalue weighted by molar-refractivity contribution is 7.46. The van der Waals surface area contributed by atoms with Crippen molar-refractivity contribution in [2.24, 2.45) is 0 Å². The molecular formula is C82H152FN2O17P. The second-order valence-electron chi connectivity index (χ2n) is 29.9. The van der Waals surface area contributed by atoms with Gasteiger partial charge in [-0.3, -0.25) is 33.3 Å². The lowest BCUT2D eigenvalue weighted by Crippen LogP contribution is -2.65. The van der Waals surface area contributed by atoms with Gasteiger partial charge in [0.15, 0.2) is 6.10 Å². The summed E-state index contributed by atoms with van der Waals surface area (Å²) in [5, 5.41) is 16.2. The van der Waals surface area contributed by atoms with Crippen LogP contribution in [0.25, 0.3) is 0 Å². The maximum atomic E-state index is 15.7. The van der Waals surface area contributed by atoms with E-state index in [2.05, 4.69) is 52.2 Å². The first-order valence-electron chi connectivity index (χ1n) is 42.4. The molecule has 1 heterocycles. The van der Waals surface area contributed by atoms with Crippen LogP contribution in [0.3, 0.4) is 0 Å². The van der Waals surface area contributed by atoms with Crippen molar-refractivity contribution in [3.63, 3.8) is 0 Å². The Morgan fingerprint density at radius 2 is 0.689 bits per heavy atom. The number of rotatable bonds is 73. The first kappa shape index (κ1) is 97.3. The van der Waals surface area contributed by atoms with Crippen LogP contribution in [0.15, 0.2) is 0 Å². The number of hydrogen-bond acceptors (Lipinski definition) is 14. The Morgan fingerprint density at radius 3 is 1.00 bits per heavy atom. The Balaban J connectivity index is 3.85. The number of aliphatic carboxylic acids is 1. The molecule has 2 amide bonds. The Bertz CT molecular complexity index is 2170. The third-order valence-corrected chi connectivity index (χ3v) is 20.6. The SMILES string of the molecule is CCCCCCCCCCC[C@H](CC(=O)NC1C(CC[C@H](NC(=O)C[C@@H](CCCCCCCCCCC)OC(=O)CCCCCCCCC)C(=O)O)OC(CF)C(OP(=O)(O)O)C1OC(=O)C[C@@H](CCCCCCCCCCC)OC(=O)CCCCCCCCC)OC(=O)CCCCCCCCC. The predicted octanol–water partition coefficient (Wildman–Crippen LogP) is 21.0. The van der Waals surface area contributed by atoms with Crippen molar-refractivity contribution in [2.45, 2.75) is 475 Å². The highest BCUT2D eigenvalue weighted by atomic mass is 31.2. The molecule has 1 aliphatic rings. The van der Waals surface area contributed by atoms with Gasteiger partial charge < -0.3 is 49.2 Å². The van der Waals surface area contributed by atoms with Crippen molar-refractivity contribution < 1.29 is 85.6 Å². The maximum Gasteiger partial charge on any atom is 0.470 e. The molecule has 1 saturated heterocycles. The molecule has 19 nitrogen and oxygen atoms in total. The van der Waals surface area contributed by atoms with Crippen molar-refractivity contribution in [2.75, 3.05) is 6.67 Å². The van der Waals surface area contributed by atoms with Gasteiger partial charge in [-0.1, -0.05) is 311 Å². The smallest absolute Gasteiger partial charge is 0.470 e. The summed E-state index contributed by atoms with van der Waals surface area (Å²) in [4.78, 5) is 118. The Labute approximate surface area is 624 Å². The van der Waals surface area contributed by atoms with E-state index >= 15 is 4.39 Å². The zero-order valence-corrected chi connectivity index (χ0v) is 66.9. The number of nitrogens with one attached hydrogen (secondary N) is 2. The zero-order chi connectivity index (χ0) is 75.8. The van der Waals surface area contributed by atoms with Crippen LogP contribution in [0.1, 0.15) is 420 Å². The van der Waals surface area contributed by atoms with Crippen molar-refractivity contribution in [3.05, 3.63) is 0 Å². The van der Waals surface area contributed by atoms with Gasteiger partial charge in [-0.25, -0.2) is 13.8 Å². The lowest BCUT2D eigenvalue weighted by molar-refractivity contribution is -0.206. The lowest BCUT2D eigenvalue weighted by Gasteiger charge is -2.45. The van der Waals surface area contributed by atoms with Crippen LogP contribution in [0.5, 0.6) is 0 Å². The predicted molar refractivity (Wildman–Crippen MR) is 409 cm³/mol. The van der Waals surface area contributed by atoms with Crippen LogP contribution < -0.4 is 10.6 Å². The minimum absolute atomic E-state index is 0.127. The molecule has 21 heteroatoms. The molecule has 1 aliphatic heterocycles. The molecule has 5 N–H and O–H groups in total. The van der Waals surface area contributed by atoms with E-state index in [4.69, 9.17) is 28.2 Å². The first-order chi connectivity index (χ1) is 49.8. The number of amides is 2. The van der Waals surface area contributed by atoms with Crippen molar-refractivity contribution in [1.82, 2.24) is 10.6 Å². The highest BCUT2D eigenvalue weighted by Gasteiger charge is 2.52. The minimum atomic E-state index is -5.58. The number of carbonyl (C=O) groups excluding carboxylic acids is 6. The highest BCUT2D eigenvalue weighted by Crippen LogP contribution is 2.43. The van der Waals surface area contributed by atoms with Crippen LogP contribution in [0, 0.1) is 0 Å². The molecule has 103 heavy (non-hydrogen) atoms. The molecule has 1 fully saturated rings. The van der Waals surface area contributed by atoms with Crippen molar-refractivity contribution in [3.8, 4) is 0 Å². The lowest BCUT2D eigenvalue weighted by atomic mass is 9.89. The van der Waals surface area contributed by atoms with Gasteiger partial charge in [0.1, 0.15) is 43.2 Å². The van der Waals surface area contributed by atoms with Crippen LogP contribution in [0.2, 0.25) is 0 Å². The number of carboxylic acids is 1. The quantitative estimate of drug-likeness (QED) is 0.0164. The number of halogens is 1. The number of ether oxygens (including phenoxy) is 5. The average Bonchev–Trinajstić information content (AvgIpc) is 0.780. The average molecular weight is 1490 g/mol. The molecule has 0 spiro atoms. The summed E-state index contributed by atoms with van der Waals surface area (Å²) >= 11 is 0. The van der Waals surface area contributed by atoms with E-state index in [1.54, 1.807) is 0 Å². The topological polar surface area (TPSA) is 277 Å². The normalized spacial score (nSPS) is 17.3. The number of hydrogen-bond donors (Lipinski definition) is 5. The fraction of sp³-hybridized carbons (Fsp3) is 0.915. The second kappa shape index (κ2) is 66.5. The molecule has 5 unspecified atom stereocenters. The first-order valence-corrected chi connectivity index (χ1v) is 43.9. The van der Waals surface area contributed by atoms with Crippen LogP contribution in [0.4, 0.5) is 4.39 Å². The fourth-order valence-electron chi connectivity index (χ4n) is 13.9. The minimum Gasteiger partial charge on any atom is -0.480 e. The molecule has 604 valence electrons. The third-order valence-electron chi connectivity index (χ3n) is 20.1. The van der Waals surface area contributed by atoms with Gasteiger partial charge in [-0.05, 0) is 70.6 Å². The van der Waals surface area contributed by atoms with E-state index in [9.17, 15) is 53.0 Å². The number of carbonyl (C=O) groups is 7.